The van der Waals surface area contributed by atoms with Gasteiger partial charge in [0.25, 0.3) is 0 Å². The number of β-lactam (4-membered cyclic amide) rings is 1. The van der Waals surface area contributed by atoms with Crippen molar-refractivity contribution in [2.45, 2.75) is 48.9 Å². The van der Waals surface area contributed by atoms with Crippen molar-refractivity contribution in [2.75, 3.05) is 7.11 Å². The fraction of sp³-hybridized carbons (Fsp3) is 0.360. The molecule has 4 atom stereocenters. The maximum absolute atomic E-state index is 13.4. The Bertz CT molecular complexity index is 1180. The molecular formula is C25H26N2O7S. The summed E-state index contributed by atoms with van der Waals surface area (Å²) in [6.07, 6.45) is 0. The van der Waals surface area contributed by atoms with Crippen molar-refractivity contribution in [1.82, 2.24) is 10.2 Å². The molecule has 1 unspecified atom stereocenters. The number of ether oxygens (including phenoxy) is 2. The van der Waals surface area contributed by atoms with Crippen molar-refractivity contribution in [2.24, 2.45) is 0 Å². The van der Waals surface area contributed by atoms with E-state index in [9.17, 15) is 24.3 Å². The summed E-state index contributed by atoms with van der Waals surface area (Å²) in [6, 6.07) is 11.5. The molecule has 2 fully saturated rings. The van der Waals surface area contributed by atoms with Crippen LogP contribution < -0.4 is 14.8 Å². The minimum absolute atomic E-state index is 0.167. The molecule has 2 aliphatic heterocycles. The fourth-order valence-electron chi connectivity index (χ4n) is 4.45. The van der Waals surface area contributed by atoms with Crippen LogP contribution >= 0.6 is 11.8 Å². The van der Waals surface area contributed by atoms with Crippen LogP contribution in [0.4, 0.5) is 0 Å². The number of nitrogens with one attached hydrogen (secondary N) is 1. The Labute approximate surface area is 206 Å². The number of aryl methyl sites for hydroxylation is 1. The maximum atomic E-state index is 13.4. The van der Waals surface area contributed by atoms with E-state index in [4.69, 9.17) is 9.47 Å². The molecule has 2 heterocycles. The average molecular weight is 499 g/mol. The van der Waals surface area contributed by atoms with E-state index in [0.717, 1.165) is 5.56 Å². The molecule has 4 rings (SSSR count). The van der Waals surface area contributed by atoms with E-state index >= 15 is 0 Å². The van der Waals surface area contributed by atoms with Gasteiger partial charge in [0.05, 0.1) is 7.11 Å². The zero-order valence-electron chi connectivity index (χ0n) is 19.7. The molecule has 0 aliphatic carbocycles. The molecule has 35 heavy (non-hydrogen) atoms. The summed E-state index contributed by atoms with van der Waals surface area (Å²) >= 11 is 1.31. The van der Waals surface area contributed by atoms with Crippen molar-refractivity contribution in [1.29, 1.82) is 0 Å². The van der Waals surface area contributed by atoms with Crippen LogP contribution in [0.3, 0.4) is 0 Å². The smallest absolute Gasteiger partial charge is 0.328 e. The number of carbonyl (C=O) groups is 4. The number of hydrogen-bond donors (Lipinski definition) is 2. The quantitative estimate of drug-likeness (QED) is 0.258. The minimum atomic E-state index is -1.35. The van der Waals surface area contributed by atoms with Crippen LogP contribution in [0.2, 0.25) is 0 Å². The molecule has 2 aliphatic rings. The van der Waals surface area contributed by atoms with Gasteiger partial charge in [-0.05, 0) is 44.0 Å². The maximum Gasteiger partial charge on any atom is 0.328 e. The number of methoxy groups -OCH3 is 1. The zero-order valence-corrected chi connectivity index (χ0v) is 20.5. The summed E-state index contributed by atoms with van der Waals surface area (Å²) in [5.74, 6) is -3.96. The molecule has 184 valence electrons. The van der Waals surface area contributed by atoms with Crippen LogP contribution in [-0.4, -0.2) is 63.1 Å². The standard InChI is InChI=1S/C25H26N2O7S/c1-13-10-11-15(16(12-13)33-4)34-24(32)17(14-8-6-5-7-9-14)20(28)26-18-21(29)27-19(23(30)31)25(2,3)35-22(18)27/h5-12,17-19,22H,1-4H3,(H,26,28)(H,30,31)/t17?,18-,19+,22-/m1/s1. The van der Waals surface area contributed by atoms with E-state index in [1.54, 1.807) is 62.4 Å². The van der Waals surface area contributed by atoms with Gasteiger partial charge in [-0.25, -0.2) is 4.79 Å². The lowest BCUT2D eigenvalue weighted by molar-refractivity contribution is -0.161. The molecule has 2 saturated heterocycles. The Morgan fingerprint density at radius 3 is 2.43 bits per heavy atom. The summed E-state index contributed by atoms with van der Waals surface area (Å²) in [4.78, 5) is 52.4. The highest BCUT2D eigenvalue weighted by atomic mass is 32.2. The predicted molar refractivity (Wildman–Crippen MR) is 128 cm³/mol. The third-order valence-corrected chi connectivity index (χ3v) is 7.70. The number of amides is 2. The number of fused-ring (bicyclic) bond motifs is 1. The number of rotatable bonds is 7. The monoisotopic (exact) mass is 498 g/mol. The van der Waals surface area contributed by atoms with Gasteiger partial charge in [-0.15, -0.1) is 11.8 Å². The highest BCUT2D eigenvalue weighted by Crippen LogP contribution is 2.50. The van der Waals surface area contributed by atoms with Gasteiger partial charge in [0.1, 0.15) is 17.5 Å². The fourth-order valence-corrected chi connectivity index (χ4v) is 6.07. The number of nitrogens with zero attached hydrogens (tertiary/aromatic N) is 1. The number of aliphatic carboxylic acids is 1. The Hall–Kier alpha value is -3.53. The van der Waals surface area contributed by atoms with E-state index in [1.807, 2.05) is 6.92 Å². The van der Waals surface area contributed by atoms with Crippen molar-refractivity contribution < 1.29 is 33.8 Å². The Kier molecular flexibility index (Phi) is 6.50. The number of hydrogen-bond acceptors (Lipinski definition) is 7. The molecule has 0 spiro atoms. The van der Waals surface area contributed by atoms with Crippen LogP contribution in [0.25, 0.3) is 0 Å². The average Bonchev–Trinajstić information content (AvgIpc) is 3.07. The van der Waals surface area contributed by atoms with Crippen molar-refractivity contribution in [3.8, 4) is 11.5 Å². The number of esters is 1. The van der Waals surface area contributed by atoms with Crippen LogP contribution in [0.1, 0.15) is 30.9 Å². The topological polar surface area (TPSA) is 122 Å². The largest absolute Gasteiger partial charge is 0.493 e. The van der Waals surface area contributed by atoms with Crippen molar-refractivity contribution in [3.63, 3.8) is 0 Å². The Balaban J connectivity index is 1.57. The summed E-state index contributed by atoms with van der Waals surface area (Å²) in [5.41, 5.74) is 1.30. The highest BCUT2D eigenvalue weighted by Gasteiger charge is 2.64. The van der Waals surface area contributed by atoms with Gasteiger partial charge in [0.15, 0.2) is 17.4 Å². The molecule has 2 aromatic carbocycles. The van der Waals surface area contributed by atoms with Gasteiger partial charge in [0.2, 0.25) is 11.8 Å². The molecule has 0 radical (unpaired) electrons. The summed E-state index contributed by atoms with van der Waals surface area (Å²) in [7, 11) is 1.45. The lowest BCUT2D eigenvalue weighted by atomic mass is 9.94. The van der Waals surface area contributed by atoms with Crippen LogP contribution in [0.15, 0.2) is 48.5 Å². The number of carbonyl (C=O) groups excluding carboxylic acids is 3. The number of benzene rings is 2. The first-order valence-corrected chi connectivity index (χ1v) is 11.9. The first-order valence-electron chi connectivity index (χ1n) is 11.0. The second kappa shape index (κ2) is 9.26. The molecule has 9 nitrogen and oxygen atoms in total. The number of thioether (sulfide) groups is 1. The number of carboxylic acids is 1. The lowest BCUT2D eigenvalue weighted by Crippen LogP contribution is -2.71. The van der Waals surface area contributed by atoms with Crippen LogP contribution in [0.5, 0.6) is 11.5 Å². The first kappa shape index (κ1) is 24.6. The molecule has 2 aromatic rings. The van der Waals surface area contributed by atoms with Crippen molar-refractivity contribution in [3.05, 3.63) is 59.7 Å². The second-order valence-corrected chi connectivity index (χ2v) is 10.8. The van der Waals surface area contributed by atoms with Gasteiger partial charge in [-0.3, -0.25) is 14.4 Å². The highest BCUT2D eigenvalue weighted by molar-refractivity contribution is 8.01. The van der Waals surface area contributed by atoms with Crippen LogP contribution in [0, 0.1) is 6.92 Å². The van der Waals surface area contributed by atoms with Gasteiger partial charge in [-0.2, -0.15) is 0 Å². The van der Waals surface area contributed by atoms with Crippen LogP contribution in [-0.2, 0) is 19.2 Å². The van der Waals surface area contributed by atoms with E-state index < -0.39 is 51.9 Å². The normalized spacial score (nSPS) is 23.0. The van der Waals surface area contributed by atoms with Crippen molar-refractivity contribution >= 4 is 35.5 Å². The van der Waals surface area contributed by atoms with E-state index in [1.165, 1.54) is 23.8 Å². The minimum Gasteiger partial charge on any atom is -0.493 e. The Morgan fingerprint density at radius 2 is 1.80 bits per heavy atom. The summed E-state index contributed by atoms with van der Waals surface area (Å²) < 4.78 is 10.1. The van der Waals surface area contributed by atoms with Gasteiger partial charge in [0, 0.05) is 4.75 Å². The van der Waals surface area contributed by atoms with E-state index in [0.29, 0.717) is 11.3 Å². The third-order valence-electron chi connectivity index (χ3n) is 6.13. The zero-order chi connectivity index (χ0) is 25.5. The summed E-state index contributed by atoms with van der Waals surface area (Å²) in [6.45, 7) is 5.37. The molecule has 10 heteroatoms. The third kappa shape index (κ3) is 4.45. The predicted octanol–water partition coefficient (Wildman–Crippen LogP) is 2.32. The van der Waals surface area contributed by atoms with Gasteiger partial charge < -0.3 is 24.8 Å². The first-order chi connectivity index (χ1) is 16.5. The van der Waals surface area contributed by atoms with Gasteiger partial charge in [-0.1, -0.05) is 36.4 Å². The number of carboxylic acid groups (broad SMARTS) is 1. The van der Waals surface area contributed by atoms with E-state index in [-0.39, 0.29) is 5.75 Å². The molecule has 0 aromatic heterocycles. The molecule has 2 amide bonds. The molecule has 0 saturated carbocycles. The SMILES string of the molecule is COc1cc(C)ccc1OC(=O)C(C(=O)N[C@@H]1C(=O)N2[C@@H]1SC(C)(C)[C@@H]2C(=O)O)c1ccccc1. The second-order valence-electron chi connectivity index (χ2n) is 9.00. The summed E-state index contributed by atoms with van der Waals surface area (Å²) in [5, 5.41) is 11.7. The molecular weight excluding hydrogens is 472 g/mol. The lowest BCUT2D eigenvalue weighted by Gasteiger charge is -2.43. The Morgan fingerprint density at radius 1 is 1.11 bits per heavy atom. The molecule has 0 bridgehead atoms. The van der Waals surface area contributed by atoms with Gasteiger partial charge >= 0.3 is 11.9 Å². The molecule has 2 N–H and O–H groups in total. The van der Waals surface area contributed by atoms with E-state index in [2.05, 4.69) is 5.32 Å².